The molecular formula is C16H13N3OS. The maximum Gasteiger partial charge on any atom is 0.243 e. The van der Waals surface area contributed by atoms with E-state index in [4.69, 9.17) is 0 Å². The van der Waals surface area contributed by atoms with Crippen molar-refractivity contribution in [2.45, 2.75) is 0 Å². The molecule has 2 aromatic carbocycles. The second-order valence-electron chi connectivity index (χ2n) is 4.39. The Labute approximate surface area is 127 Å². The highest BCUT2D eigenvalue weighted by molar-refractivity contribution is 8.15. The van der Waals surface area contributed by atoms with Crippen molar-refractivity contribution < 1.29 is 4.79 Å². The van der Waals surface area contributed by atoms with E-state index in [0.29, 0.717) is 10.9 Å². The van der Waals surface area contributed by atoms with Crippen LogP contribution >= 0.6 is 11.8 Å². The van der Waals surface area contributed by atoms with Crippen LogP contribution < -0.4 is 4.90 Å². The monoisotopic (exact) mass is 295 g/mol. The van der Waals surface area contributed by atoms with Gasteiger partial charge in [0.25, 0.3) is 0 Å². The summed E-state index contributed by atoms with van der Waals surface area (Å²) in [6.07, 6.45) is 1.68. The first-order valence-corrected chi connectivity index (χ1v) is 7.50. The number of hydrogen-bond acceptors (Lipinski definition) is 4. The van der Waals surface area contributed by atoms with Crippen LogP contribution in [0, 0.1) is 0 Å². The van der Waals surface area contributed by atoms with Gasteiger partial charge in [0.15, 0.2) is 5.17 Å². The van der Waals surface area contributed by atoms with Crippen LogP contribution in [0.15, 0.2) is 70.9 Å². The third-order valence-corrected chi connectivity index (χ3v) is 3.84. The predicted molar refractivity (Wildman–Crippen MR) is 87.9 cm³/mol. The standard InChI is InChI=1S/C16H13N3OS/c20-15-12-21-16(19(15)14-9-5-2-6-10-14)18-17-11-13-7-3-1-4-8-13/h1-11H,12H2/b17-11-,18-16-. The first-order chi connectivity index (χ1) is 10.3. The van der Waals surface area contributed by atoms with Crippen LogP contribution in [0.5, 0.6) is 0 Å². The molecule has 1 aliphatic heterocycles. The summed E-state index contributed by atoms with van der Waals surface area (Å²) in [4.78, 5) is 13.6. The van der Waals surface area contributed by atoms with Crippen LogP contribution in [0.1, 0.15) is 5.56 Å². The van der Waals surface area contributed by atoms with Gasteiger partial charge in [-0.2, -0.15) is 5.10 Å². The fraction of sp³-hybridized carbons (Fsp3) is 0.0625. The van der Waals surface area contributed by atoms with E-state index in [-0.39, 0.29) is 5.91 Å². The van der Waals surface area contributed by atoms with Crippen molar-refractivity contribution in [2.24, 2.45) is 10.2 Å². The maximum absolute atomic E-state index is 12.0. The maximum atomic E-state index is 12.0. The molecule has 3 rings (SSSR count). The van der Waals surface area contributed by atoms with E-state index in [1.165, 1.54) is 11.8 Å². The highest BCUT2D eigenvalue weighted by atomic mass is 32.2. The first kappa shape index (κ1) is 13.6. The van der Waals surface area contributed by atoms with Gasteiger partial charge in [0.1, 0.15) is 0 Å². The average molecular weight is 295 g/mol. The number of nitrogens with zero attached hydrogens (tertiary/aromatic N) is 3. The lowest BCUT2D eigenvalue weighted by Gasteiger charge is -2.14. The number of anilines is 1. The van der Waals surface area contributed by atoms with Crippen molar-refractivity contribution in [1.82, 2.24) is 0 Å². The number of amidine groups is 1. The molecule has 2 aromatic rings. The second-order valence-corrected chi connectivity index (χ2v) is 5.33. The van der Waals surface area contributed by atoms with Crippen molar-refractivity contribution in [3.05, 3.63) is 66.2 Å². The number of para-hydroxylation sites is 1. The molecule has 0 unspecified atom stereocenters. The van der Waals surface area contributed by atoms with Crippen molar-refractivity contribution >= 4 is 34.7 Å². The summed E-state index contributed by atoms with van der Waals surface area (Å²) < 4.78 is 0. The molecule has 104 valence electrons. The molecule has 4 nitrogen and oxygen atoms in total. The molecule has 5 heteroatoms. The van der Waals surface area contributed by atoms with E-state index in [9.17, 15) is 4.79 Å². The van der Waals surface area contributed by atoms with Gasteiger partial charge in [-0.1, -0.05) is 60.3 Å². The summed E-state index contributed by atoms with van der Waals surface area (Å²) in [5.41, 5.74) is 1.79. The van der Waals surface area contributed by atoms with E-state index < -0.39 is 0 Å². The SMILES string of the molecule is O=C1CS/C(=N\N=C/c2ccccc2)N1c1ccccc1. The molecule has 1 fully saturated rings. The number of rotatable bonds is 3. The van der Waals surface area contributed by atoms with Crippen LogP contribution in [-0.4, -0.2) is 23.0 Å². The fourth-order valence-corrected chi connectivity index (χ4v) is 2.77. The minimum Gasteiger partial charge on any atom is -0.273 e. The van der Waals surface area contributed by atoms with E-state index >= 15 is 0 Å². The van der Waals surface area contributed by atoms with Gasteiger partial charge in [-0.3, -0.25) is 9.69 Å². The Balaban J connectivity index is 1.82. The lowest BCUT2D eigenvalue weighted by atomic mass is 10.2. The number of amides is 1. The van der Waals surface area contributed by atoms with E-state index in [2.05, 4.69) is 10.2 Å². The molecular weight excluding hydrogens is 282 g/mol. The van der Waals surface area contributed by atoms with Gasteiger partial charge in [-0.25, -0.2) is 0 Å². The lowest BCUT2D eigenvalue weighted by molar-refractivity contribution is -0.115. The zero-order chi connectivity index (χ0) is 14.5. The molecule has 0 radical (unpaired) electrons. The Bertz CT molecular complexity index is 683. The Morgan fingerprint density at radius 3 is 2.38 bits per heavy atom. The molecule has 1 amide bonds. The van der Waals surface area contributed by atoms with E-state index in [0.717, 1.165) is 11.3 Å². The Morgan fingerprint density at radius 2 is 1.67 bits per heavy atom. The van der Waals surface area contributed by atoms with Gasteiger partial charge in [-0.15, -0.1) is 5.10 Å². The number of carbonyl (C=O) groups excluding carboxylic acids is 1. The highest BCUT2D eigenvalue weighted by Crippen LogP contribution is 2.26. The topological polar surface area (TPSA) is 45.0 Å². The minimum atomic E-state index is 0.0276. The van der Waals surface area contributed by atoms with Crippen molar-refractivity contribution in [3.8, 4) is 0 Å². The summed E-state index contributed by atoms with van der Waals surface area (Å²) in [5.74, 6) is 0.425. The molecule has 0 saturated carbocycles. The number of carbonyl (C=O) groups is 1. The average Bonchev–Trinajstić information content (AvgIpc) is 2.90. The predicted octanol–water partition coefficient (Wildman–Crippen LogP) is 3.16. The molecule has 0 aromatic heterocycles. The van der Waals surface area contributed by atoms with Crippen LogP contribution in [0.3, 0.4) is 0 Å². The number of hydrogen-bond donors (Lipinski definition) is 0. The van der Waals surface area contributed by atoms with Crippen LogP contribution in [-0.2, 0) is 4.79 Å². The Hall–Kier alpha value is -2.40. The molecule has 1 saturated heterocycles. The summed E-state index contributed by atoms with van der Waals surface area (Å²) >= 11 is 1.40. The summed E-state index contributed by atoms with van der Waals surface area (Å²) in [6.45, 7) is 0. The molecule has 1 aliphatic rings. The number of benzene rings is 2. The Kier molecular flexibility index (Phi) is 4.12. The van der Waals surface area contributed by atoms with Gasteiger partial charge in [0, 0.05) is 0 Å². The van der Waals surface area contributed by atoms with Gasteiger partial charge in [-0.05, 0) is 17.7 Å². The third-order valence-electron chi connectivity index (χ3n) is 2.93. The van der Waals surface area contributed by atoms with Crippen LogP contribution in [0.2, 0.25) is 0 Å². The summed E-state index contributed by atoms with van der Waals surface area (Å²) in [7, 11) is 0. The van der Waals surface area contributed by atoms with Crippen molar-refractivity contribution in [1.29, 1.82) is 0 Å². The molecule has 0 N–H and O–H groups in total. The Morgan fingerprint density at radius 1 is 1.00 bits per heavy atom. The van der Waals surface area contributed by atoms with Gasteiger partial charge < -0.3 is 0 Å². The molecule has 21 heavy (non-hydrogen) atoms. The first-order valence-electron chi connectivity index (χ1n) is 6.51. The summed E-state index contributed by atoms with van der Waals surface area (Å²) in [6, 6.07) is 19.2. The zero-order valence-electron chi connectivity index (χ0n) is 11.2. The third kappa shape index (κ3) is 3.20. The largest absolute Gasteiger partial charge is 0.273 e. The van der Waals surface area contributed by atoms with Crippen LogP contribution in [0.4, 0.5) is 5.69 Å². The van der Waals surface area contributed by atoms with Crippen molar-refractivity contribution in [2.75, 3.05) is 10.7 Å². The van der Waals surface area contributed by atoms with E-state index in [1.54, 1.807) is 11.1 Å². The van der Waals surface area contributed by atoms with Gasteiger partial charge >= 0.3 is 0 Å². The molecule has 0 aliphatic carbocycles. The van der Waals surface area contributed by atoms with Gasteiger partial charge in [0.2, 0.25) is 5.91 Å². The van der Waals surface area contributed by atoms with Gasteiger partial charge in [0.05, 0.1) is 17.7 Å². The molecule has 0 spiro atoms. The highest BCUT2D eigenvalue weighted by Gasteiger charge is 2.29. The van der Waals surface area contributed by atoms with Crippen molar-refractivity contribution in [3.63, 3.8) is 0 Å². The van der Waals surface area contributed by atoms with Crippen LogP contribution in [0.25, 0.3) is 0 Å². The molecule has 1 heterocycles. The smallest absolute Gasteiger partial charge is 0.243 e. The number of thioether (sulfide) groups is 1. The second kappa shape index (κ2) is 6.37. The summed E-state index contributed by atoms with van der Waals surface area (Å²) in [5, 5.41) is 8.87. The van der Waals surface area contributed by atoms with E-state index in [1.807, 2.05) is 60.7 Å². The molecule has 0 atom stereocenters. The minimum absolute atomic E-state index is 0.0276. The lowest BCUT2D eigenvalue weighted by Crippen LogP contribution is -2.28. The zero-order valence-corrected chi connectivity index (χ0v) is 12.0. The fourth-order valence-electron chi connectivity index (χ4n) is 1.95. The normalized spacial score (nSPS) is 17.0. The quantitative estimate of drug-likeness (QED) is 0.645. The molecule has 0 bridgehead atoms.